The van der Waals surface area contributed by atoms with Crippen molar-refractivity contribution in [3.63, 3.8) is 0 Å². The van der Waals surface area contributed by atoms with E-state index in [4.69, 9.17) is 5.73 Å². The van der Waals surface area contributed by atoms with E-state index >= 15 is 0 Å². The van der Waals surface area contributed by atoms with Gasteiger partial charge in [-0.15, -0.1) is 11.3 Å². The number of hydrogen-bond acceptors (Lipinski definition) is 4. The summed E-state index contributed by atoms with van der Waals surface area (Å²) in [6, 6.07) is 12.9. The molecule has 3 rings (SSSR count). The minimum Gasteiger partial charge on any atom is -0.340 e. The van der Waals surface area contributed by atoms with Crippen molar-refractivity contribution in [1.82, 2.24) is 10.2 Å². The lowest BCUT2D eigenvalue weighted by Crippen LogP contribution is -2.46. The van der Waals surface area contributed by atoms with Gasteiger partial charge in [0.1, 0.15) is 6.04 Å². The SMILES string of the molecule is CC(NC(=O)c1cccs1)C(=O)N1C[C@@H](N)[C@H](c2ccccc2)C1. The topological polar surface area (TPSA) is 75.4 Å². The predicted molar refractivity (Wildman–Crippen MR) is 95.0 cm³/mol. The van der Waals surface area contributed by atoms with Gasteiger partial charge in [0, 0.05) is 25.0 Å². The normalized spacial score (nSPS) is 21.5. The number of hydrogen-bond donors (Lipinski definition) is 2. The van der Waals surface area contributed by atoms with Gasteiger partial charge in [-0.1, -0.05) is 36.4 Å². The summed E-state index contributed by atoms with van der Waals surface area (Å²) in [6.45, 7) is 2.82. The molecule has 0 saturated carbocycles. The van der Waals surface area contributed by atoms with Crippen LogP contribution in [0.25, 0.3) is 0 Å². The standard InChI is InChI=1S/C18H21N3O2S/c1-12(20-17(22)16-8-5-9-24-16)18(23)21-10-14(15(19)11-21)13-6-3-2-4-7-13/h2-9,12,14-15H,10-11,19H2,1H3,(H,20,22)/t12?,14-,15+/m0/s1. The molecule has 1 aromatic heterocycles. The Kier molecular flexibility index (Phi) is 4.97. The molecule has 2 aromatic rings. The minimum absolute atomic E-state index is 0.0865. The minimum atomic E-state index is -0.568. The first-order valence-corrected chi connectivity index (χ1v) is 8.88. The van der Waals surface area contributed by atoms with Crippen LogP contribution in [-0.4, -0.2) is 41.9 Å². The van der Waals surface area contributed by atoms with Gasteiger partial charge in [0.2, 0.25) is 5.91 Å². The summed E-state index contributed by atoms with van der Waals surface area (Å²) in [5.41, 5.74) is 7.39. The van der Waals surface area contributed by atoms with Gasteiger partial charge >= 0.3 is 0 Å². The second kappa shape index (κ2) is 7.15. The van der Waals surface area contributed by atoms with Crippen LogP contribution in [0.5, 0.6) is 0 Å². The van der Waals surface area contributed by atoms with Gasteiger partial charge in [0.05, 0.1) is 4.88 Å². The smallest absolute Gasteiger partial charge is 0.261 e. The quantitative estimate of drug-likeness (QED) is 0.889. The lowest BCUT2D eigenvalue weighted by Gasteiger charge is -2.21. The van der Waals surface area contributed by atoms with Crippen LogP contribution in [0.1, 0.15) is 28.1 Å². The number of nitrogens with one attached hydrogen (secondary N) is 1. The lowest BCUT2D eigenvalue weighted by atomic mass is 9.95. The van der Waals surface area contributed by atoms with E-state index < -0.39 is 6.04 Å². The van der Waals surface area contributed by atoms with Crippen LogP contribution in [0.4, 0.5) is 0 Å². The molecule has 3 atom stereocenters. The first-order valence-electron chi connectivity index (χ1n) is 8.00. The highest BCUT2D eigenvalue weighted by atomic mass is 32.1. The van der Waals surface area contributed by atoms with E-state index in [9.17, 15) is 9.59 Å². The fourth-order valence-corrected chi connectivity index (χ4v) is 3.70. The van der Waals surface area contributed by atoms with Crippen LogP contribution in [0.15, 0.2) is 47.8 Å². The van der Waals surface area contributed by atoms with Gasteiger partial charge in [-0.3, -0.25) is 9.59 Å². The predicted octanol–water partition coefficient (Wildman–Crippen LogP) is 1.82. The maximum atomic E-state index is 12.6. The Bertz CT molecular complexity index is 702. The molecule has 6 heteroatoms. The third-order valence-corrected chi connectivity index (χ3v) is 5.24. The van der Waals surface area contributed by atoms with Crippen molar-refractivity contribution in [2.75, 3.05) is 13.1 Å². The molecule has 0 bridgehead atoms. The Morgan fingerprint density at radius 1 is 1.21 bits per heavy atom. The monoisotopic (exact) mass is 343 g/mol. The van der Waals surface area contributed by atoms with Crippen molar-refractivity contribution < 1.29 is 9.59 Å². The third kappa shape index (κ3) is 3.49. The zero-order chi connectivity index (χ0) is 17.1. The summed E-state index contributed by atoms with van der Waals surface area (Å²) in [5, 5.41) is 4.61. The Hall–Kier alpha value is -2.18. The second-order valence-electron chi connectivity index (χ2n) is 6.10. The number of thiophene rings is 1. The van der Waals surface area contributed by atoms with Crippen LogP contribution >= 0.6 is 11.3 Å². The molecule has 24 heavy (non-hydrogen) atoms. The largest absolute Gasteiger partial charge is 0.340 e. The van der Waals surface area contributed by atoms with E-state index in [0.717, 1.165) is 5.56 Å². The van der Waals surface area contributed by atoms with Gasteiger partial charge < -0.3 is 16.0 Å². The Morgan fingerprint density at radius 3 is 2.62 bits per heavy atom. The summed E-state index contributed by atoms with van der Waals surface area (Å²) < 4.78 is 0. The molecule has 2 amide bonds. The van der Waals surface area contributed by atoms with E-state index in [-0.39, 0.29) is 23.8 Å². The van der Waals surface area contributed by atoms with E-state index in [1.807, 2.05) is 41.8 Å². The molecule has 1 aromatic carbocycles. The number of carbonyl (C=O) groups is 2. The number of benzene rings is 1. The van der Waals surface area contributed by atoms with Crippen LogP contribution < -0.4 is 11.1 Å². The van der Waals surface area contributed by atoms with Crippen molar-refractivity contribution in [3.05, 3.63) is 58.3 Å². The van der Waals surface area contributed by atoms with Gasteiger partial charge in [0.15, 0.2) is 0 Å². The average Bonchev–Trinajstić information content (AvgIpc) is 3.24. The number of nitrogens with zero attached hydrogens (tertiary/aromatic N) is 1. The van der Waals surface area contributed by atoms with Gasteiger partial charge in [-0.2, -0.15) is 0 Å². The summed E-state index contributed by atoms with van der Waals surface area (Å²) in [7, 11) is 0. The summed E-state index contributed by atoms with van der Waals surface area (Å²) in [4.78, 5) is 27.1. The lowest BCUT2D eigenvalue weighted by molar-refractivity contribution is -0.131. The van der Waals surface area contributed by atoms with Crippen molar-refractivity contribution in [2.24, 2.45) is 5.73 Å². The zero-order valence-electron chi connectivity index (χ0n) is 13.5. The van der Waals surface area contributed by atoms with Gasteiger partial charge in [0.25, 0.3) is 5.91 Å². The highest BCUT2D eigenvalue weighted by Crippen LogP contribution is 2.26. The van der Waals surface area contributed by atoms with E-state index in [0.29, 0.717) is 18.0 Å². The summed E-state index contributed by atoms with van der Waals surface area (Å²) in [6.07, 6.45) is 0. The van der Waals surface area contributed by atoms with Crippen LogP contribution in [-0.2, 0) is 4.79 Å². The van der Waals surface area contributed by atoms with Gasteiger partial charge in [-0.05, 0) is 23.9 Å². The molecule has 0 spiro atoms. The third-order valence-electron chi connectivity index (χ3n) is 4.37. The molecule has 1 saturated heterocycles. The van der Waals surface area contributed by atoms with Crippen molar-refractivity contribution in [3.8, 4) is 0 Å². The van der Waals surface area contributed by atoms with Crippen molar-refractivity contribution in [2.45, 2.75) is 24.9 Å². The molecule has 1 aliphatic heterocycles. The number of likely N-dealkylation sites (tertiary alicyclic amines) is 1. The molecule has 0 radical (unpaired) electrons. The maximum Gasteiger partial charge on any atom is 0.261 e. The van der Waals surface area contributed by atoms with Crippen molar-refractivity contribution in [1.29, 1.82) is 0 Å². The maximum absolute atomic E-state index is 12.6. The van der Waals surface area contributed by atoms with Crippen LogP contribution in [0.2, 0.25) is 0 Å². The average molecular weight is 343 g/mol. The number of amides is 2. The molecule has 2 heterocycles. The van der Waals surface area contributed by atoms with E-state index in [1.54, 1.807) is 17.9 Å². The second-order valence-corrected chi connectivity index (χ2v) is 7.04. The first kappa shape index (κ1) is 16.7. The molecule has 5 nitrogen and oxygen atoms in total. The van der Waals surface area contributed by atoms with Gasteiger partial charge in [-0.25, -0.2) is 0 Å². The summed E-state index contributed by atoms with van der Waals surface area (Å²) >= 11 is 1.36. The molecule has 1 aliphatic rings. The Balaban J connectivity index is 1.62. The van der Waals surface area contributed by atoms with E-state index in [2.05, 4.69) is 5.32 Å². The Labute approximate surface area is 145 Å². The van der Waals surface area contributed by atoms with Crippen LogP contribution in [0.3, 0.4) is 0 Å². The first-order chi connectivity index (χ1) is 11.6. The highest BCUT2D eigenvalue weighted by Gasteiger charge is 2.35. The number of rotatable bonds is 4. The van der Waals surface area contributed by atoms with Crippen molar-refractivity contribution >= 4 is 23.2 Å². The zero-order valence-corrected chi connectivity index (χ0v) is 14.3. The fourth-order valence-electron chi connectivity index (χ4n) is 3.07. The molecular formula is C18H21N3O2S. The fraction of sp³-hybridized carbons (Fsp3) is 0.333. The molecule has 1 unspecified atom stereocenters. The number of nitrogens with two attached hydrogens (primary N) is 1. The Morgan fingerprint density at radius 2 is 1.96 bits per heavy atom. The molecular weight excluding hydrogens is 322 g/mol. The van der Waals surface area contributed by atoms with E-state index in [1.165, 1.54) is 11.3 Å². The number of carbonyl (C=O) groups excluding carboxylic acids is 2. The van der Waals surface area contributed by atoms with Crippen LogP contribution in [0, 0.1) is 0 Å². The molecule has 126 valence electrons. The highest BCUT2D eigenvalue weighted by molar-refractivity contribution is 7.12. The molecule has 0 aliphatic carbocycles. The molecule has 3 N–H and O–H groups in total. The summed E-state index contributed by atoms with van der Waals surface area (Å²) in [5.74, 6) is -0.168. The molecule has 1 fully saturated rings.